The fourth-order valence-corrected chi connectivity index (χ4v) is 3.10. The van der Waals surface area contributed by atoms with Gasteiger partial charge in [0.1, 0.15) is 6.33 Å². The number of rotatable bonds is 5. The minimum Gasteiger partial charge on any atom is -0.465 e. The Morgan fingerprint density at radius 2 is 2.10 bits per heavy atom. The molecule has 3 heterocycles. The number of benzene rings is 1. The van der Waals surface area contributed by atoms with Crippen LogP contribution in [-0.4, -0.2) is 55.1 Å². The standard InChI is InChI=1S/C17H14N8O3S/c1-28-14(27)10-4-2-9(3-5-10)11-6-12(25-24-11)20-15-18-8-19-16(22-15)23-17-21-13(26)7-29-17/h2-6,8H,7H2,1H3,(H3,18,19,20,21,22,23,24,25,26). The van der Waals surface area contributed by atoms with E-state index in [2.05, 4.69) is 45.5 Å². The summed E-state index contributed by atoms with van der Waals surface area (Å²) < 4.78 is 4.69. The molecule has 1 aliphatic heterocycles. The molecule has 12 heteroatoms. The van der Waals surface area contributed by atoms with Gasteiger partial charge in [-0.15, -0.1) is 0 Å². The summed E-state index contributed by atoms with van der Waals surface area (Å²) in [6.45, 7) is 0. The molecule has 146 valence electrons. The number of nitrogens with one attached hydrogen (secondary N) is 3. The van der Waals surface area contributed by atoms with Crippen LogP contribution in [0, 0.1) is 0 Å². The summed E-state index contributed by atoms with van der Waals surface area (Å²) in [5.41, 5.74) is 2.04. The number of hydrogen-bond donors (Lipinski definition) is 3. The van der Waals surface area contributed by atoms with E-state index in [0.717, 1.165) is 11.3 Å². The first kappa shape index (κ1) is 18.6. The van der Waals surface area contributed by atoms with E-state index < -0.39 is 5.97 Å². The molecule has 0 atom stereocenters. The van der Waals surface area contributed by atoms with Gasteiger partial charge in [-0.05, 0) is 17.7 Å². The van der Waals surface area contributed by atoms with Crippen LogP contribution < -0.4 is 10.6 Å². The highest BCUT2D eigenvalue weighted by Crippen LogP contribution is 2.22. The van der Waals surface area contributed by atoms with Gasteiger partial charge in [0.15, 0.2) is 11.0 Å². The van der Waals surface area contributed by atoms with E-state index in [1.165, 1.54) is 25.2 Å². The van der Waals surface area contributed by atoms with Crippen LogP contribution in [0.25, 0.3) is 11.3 Å². The molecule has 1 saturated heterocycles. The molecule has 29 heavy (non-hydrogen) atoms. The van der Waals surface area contributed by atoms with Crippen LogP contribution in [0.4, 0.5) is 17.7 Å². The van der Waals surface area contributed by atoms with Gasteiger partial charge in [0.2, 0.25) is 11.9 Å². The Labute approximate surface area is 168 Å². The Balaban J connectivity index is 1.47. The van der Waals surface area contributed by atoms with Gasteiger partial charge in [-0.1, -0.05) is 23.9 Å². The molecule has 1 aromatic carbocycles. The number of carbonyl (C=O) groups excluding carboxylic acids is 2. The summed E-state index contributed by atoms with van der Waals surface area (Å²) in [6.07, 6.45) is 1.31. The lowest BCUT2D eigenvalue weighted by Gasteiger charge is -2.01. The van der Waals surface area contributed by atoms with Crippen molar-refractivity contribution in [2.45, 2.75) is 0 Å². The van der Waals surface area contributed by atoms with Gasteiger partial charge in [0.25, 0.3) is 5.95 Å². The summed E-state index contributed by atoms with van der Waals surface area (Å²) in [5, 5.41) is 13.1. The van der Waals surface area contributed by atoms with Gasteiger partial charge in [-0.2, -0.15) is 20.1 Å². The molecule has 1 fully saturated rings. The third-order valence-electron chi connectivity index (χ3n) is 3.78. The lowest BCUT2D eigenvalue weighted by Crippen LogP contribution is -2.20. The van der Waals surface area contributed by atoms with Crippen LogP contribution in [0.15, 0.2) is 41.7 Å². The quantitative estimate of drug-likeness (QED) is 0.534. The first-order valence-corrected chi connectivity index (χ1v) is 9.31. The zero-order valence-electron chi connectivity index (χ0n) is 15.0. The molecule has 0 saturated carbocycles. The largest absolute Gasteiger partial charge is 0.465 e. The molecule has 0 unspecified atom stereocenters. The summed E-state index contributed by atoms with van der Waals surface area (Å²) in [7, 11) is 1.34. The number of aromatic nitrogens is 5. The van der Waals surface area contributed by atoms with E-state index in [4.69, 9.17) is 0 Å². The van der Waals surface area contributed by atoms with Crippen molar-refractivity contribution in [1.29, 1.82) is 0 Å². The lowest BCUT2D eigenvalue weighted by molar-refractivity contribution is -0.116. The molecule has 1 aliphatic rings. The zero-order chi connectivity index (χ0) is 20.2. The number of thioether (sulfide) groups is 1. The average Bonchev–Trinajstić information content (AvgIpc) is 3.37. The number of methoxy groups -OCH3 is 1. The third kappa shape index (κ3) is 4.38. The summed E-state index contributed by atoms with van der Waals surface area (Å²) in [5.74, 6) is 0.740. The highest BCUT2D eigenvalue weighted by Gasteiger charge is 2.17. The van der Waals surface area contributed by atoms with E-state index in [-0.39, 0.29) is 17.8 Å². The number of amidine groups is 1. The van der Waals surface area contributed by atoms with E-state index >= 15 is 0 Å². The van der Waals surface area contributed by atoms with Crippen molar-refractivity contribution in [2.24, 2.45) is 4.99 Å². The van der Waals surface area contributed by atoms with Gasteiger partial charge in [-0.25, -0.2) is 9.78 Å². The summed E-state index contributed by atoms with van der Waals surface area (Å²) >= 11 is 1.28. The maximum atomic E-state index is 11.5. The molecule has 11 nitrogen and oxygen atoms in total. The van der Waals surface area contributed by atoms with Gasteiger partial charge in [0, 0.05) is 6.07 Å². The van der Waals surface area contributed by atoms with Crippen LogP contribution in [0.2, 0.25) is 0 Å². The fourth-order valence-electron chi connectivity index (χ4n) is 2.43. The average molecular weight is 410 g/mol. The molecule has 3 aromatic rings. The van der Waals surface area contributed by atoms with Crippen molar-refractivity contribution in [2.75, 3.05) is 18.2 Å². The minimum atomic E-state index is -0.395. The number of carbonyl (C=O) groups is 2. The minimum absolute atomic E-state index is 0.107. The number of aromatic amines is 1. The van der Waals surface area contributed by atoms with Gasteiger partial charge < -0.3 is 15.4 Å². The molecule has 0 spiro atoms. The highest BCUT2D eigenvalue weighted by atomic mass is 32.2. The molecule has 0 bridgehead atoms. The smallest absolute Gasteiger partial charge is 0.337 e. The number of aliphatic imine (C=N–C) groups is 1. The second-order valence-corrected chi connectivity index (χ2v) is 6.69. The van der Waals surface area contributed by atoms with E-state index in [1.807, 2.05) is 0 Å². The van der Waals surface area contributed by atoms with Gasteiger partial charge in [0.05, 0.1) is 24.1 Å². The normalized spacial score (nSPS) is 14.7. The Bertz CT molecular complexity index is 1100. The first-order valence-electron chi connectivity index (χ1n) is 8.32. The molecule has 2 aromatic heterocycles. The van der Waals surface area contributed by atoms with Gasteiger partial charge in [-0.3, -0.25) is 9.89 Å². The molecular formula is C17H14N8O3S. The number of esters is 1. The predicted octanol–water partition coefficient (Wildman–Crippen LogP) is 1.64. The highest BCUT2D eigenvalue weighted by molar-refractivity contribution is 8.15. The maximum absolute atomic E-state index is 11.5. The Hall–Kier alpha value is -3.80. The lowest BCUT2D eigenvalue weighted by atomic mass is 10.1. The molecule has 0 radical (unpaired) electrons. The van der Waals surface area contributed by atoms with Crippen LogP contribution in [0.5, 0.6) is 0 Å². The number of anilines is 2. The Morgan fingerprint density at radius 3 is 2.83 bits per heavy atom. The summed E-state index contributed by atoms with van der Waals surface area (Å²) in [6, 6.07) is 8.69. The van der Waals surface area contributed by atoms with Crippen LogP contribution in [0.3, 0.4) is 0 Å². The summed E-state index contributed by atoms with van der Waals surface area (Å²) in [4.78, 5) is 39.1. The molecule has 0 aliphatic carbocycles. The molecule has 3 N–H and O–H groups in total. The number of nitrogens with zero attached hydrogens (tertiary/aromatic N) is 5. The van der Waals surface area contributed by atoms with E-state index in [9.17, 15) is 9.59 Å². The molecule has 4 rings (SSSR count). The van der Waals surface area contributed by atoms with Crippen molar-refractivity contribution in [3.63, 3.8) is 0 Å². The number of ether oxygens (including phenoxy) is 1. The van der Waals surface area contributed by atoms with Crippen molar-refractivity contribution >= 4 is 46.5 Å². The van der Waals surface area contributed by atoms with Crippen molar-refractivity contribution in [1.82, 2.24) is 30.5 Å². The fraction of sp³-hybridized carbons (Fsp3) is 0.118. The number of amides is 1. The van der Waals surface area contributed by atoms with Crippen molar-refractivity contribution < 1.29 is 14.3 Å². The zero-order valence-corrected chi connectivity index (χ0v) is 15.9. The predicted molar refractivity (Wildman–Crippen MR) is 106 cm³/mol. The monoisotopic (exact) mass is 410 g/mol. The number of hydrogen-bond acceptors (Lipinski definition) is 10. The van der Waals surface area contributed by atoms with Crippen molar-refractivity contribution in [3.05, 3.63) is 42.2 Å². The van der Waals surface area contributed by atoms with Crippen molar-refractivity contribution in [3.8, 4) is 11.3 Å². The van der Waals surface area contributed by atoms with Crippen LogP contribution >= 0.6 is 11.8 Å². The second-order valence-electron chi connectivity index (χ2n) is 5.72. The van der Waals surface area contributed by atoms with Gasteiger partial charge >= 0.3 is 5.97 Å². The Kier molecular flexibility index (Phi) is 5.16. The number of H-pyrrole nitrogens is 1. The van der Waals surface area contributed by atoms with E-state index in [1.54, 1.807) is 30.3 Å². The SMILES string of the molecule is COC(=O)c1ccc(-c2cc(Nc3ncnc(N=C4NC(=O)CS4)n3)n[nH]2)cc1. The Morgan fingerprint density at radius 1 is 1.28 bits per heavy atom. The van der Waals surface area contributed by atoms with E-state index in [0.29, 0.717) is 22.3 Å². The topological polar surface area (TPSA) is 147 Å². The maximum Gasteiger partial charge on any atom is 0.337 e. The second kappa shape index (κ2) is 8.06. The van der Waals surface area contributed by atoms with Crippen LogP contribution in [0.1, 0.15) is 10.4 Å². The third-order valence-corrected chi connectivity index (χ3v) is 4.66. The molecular weight excluding hydrogens is 396 g/mol. The first-order chi connectivity index (χ1) is 14.1. The van der Waals surface area contributed by atoms with Crippen LogP contribution in [-0.2, 0) is 9.53 Å². The molecule has 1 amide bonds.